The molecule has 1 aromatic carbocycles. The maximum absolute atomic E-state index is 15.1. The van der Waals surface area contributed by atoms with Crippen molar-refractivity contribution in [3.05, 3.63) is 35.9 Å². The van der Waals surface area contributed by atoms with Gasteiger partial charge in [-0.25, -0.2) is 14.0 Å². The number of hydrogen-bond donors (Lipinski definition) is 0. The summed E-state index contributed by atoms with van der Waals surface area (Å²) in [5.41, 5.74) is 0.0760. The average molecular weight is 518 g/mol. The fraction of sp³-hybridized carbons (Fsp3) is 0.583. The molecule has 200 valence electrons. The van der Waals surface area contributed by atoms with E-state index in [0.717, 1.165) is 11.8 Å². The van der Waals surface area contributed by atoms with Crippen LogP contribution in [0.25, 0.3) is 0 Å². The molecule has 0 radical (unpaired) electrons. The number of ether oxygens (including phenoxy) is 2. The third kappa shape index (κ3) is 6.94. The number of amides is 2. The van der Waals surface area contributed by atoms with E-state index in [9.17, 15) is 32.3 Å². The molecule has 2 amide bonds. The smallest absolute Gasteiger partial charge is 0.464 e. The fourth-order valence-electron chi connectivity index (χ4n) is 4.16. The monoisotopic (exact) mass is 517 g/mol. The van der Waals surface area contributed by atoms with E-state index in [2.05, 4.69) is 0 Å². The van der Waals surface area contributed by atoms with Crippen LogP contribution in [0.5, 0.6) is 0 Å². The van der Waals surface area contributed by atoms with Gasteiger partial charge >= 0.3 is 24.0 Å². The maximum atomic E-state index is 15.1. The van der Waals surface area contributed by atoms with E-state index in [1.54, 1.807) is 13.0 Å². The quantitative estimate of drug-likeness (QED) is 0.349. The van der Waals surface area contributed by atoms with Crippen LogP contribution >= 0.6 is 0 Å². The van der Waals surface area contributed by atoms with Crippen molar-refractivity contribution >= 4 is 23.8 Å². The highest BCUT2D eigenvalue weighted by molar-refractivity contribution is 5.94. The molecular weight excluding hydrogens is 487 g/mol. The van der Waals surface area contributed by atoms with Crippen LogP contribution in [-0.2, 0) is 28.7 Å². The van der Waals surface area contributed by atoms with Crippen molar-refractivity contribution in [2.75, 3.05) is 19.8 Å². The number of carbonyl (C=O) groups is 4. The van der Waals surface area contributed by atoms with Gasteiger partial charge in [-0.15, -0.1) is 0 Å². The fourth-order valence-corrected chi connectivity index (χ4v) is 4.16. The van der Waals surface area contributed by atoms with Crippen LogP contribution in [0.4, 0.5) is 17.6 Å². The van der Waals surface area contributed by atoms with Gasteiger partial charge in [0.1, 0.15) is 24.3 Å². The van der Waals surface area contributed by atoms with Gasteiger partial charge in [0.15, 0.2) is 0 Å². The van der Waals surface area contributed by atoms with E-state index >= 15 is 4.39 Å². The highest BCUT2D eigenvalue weighted by atomic mass is 19.4. The predicted molar refractivity (Wildman–Crippen MR) is 119 cm³/mol. The number of nitrogens with zero attached hydrogens (tertiary/aromatic N) is 2. The van der Waals surface area contributed by atoms with E-state index in [4.69, 9.17) is 9.47 Å². The number of esters is 2. The van der Waals surface area contributed by atoms with Crippen LogP contribution in [0.15, 0.2) is 30.3 Å². The van der Waals surface area contributed by atoms with E-state index in [0.29, 0.717) is 6.42 Å². The third-order valence-electron chi connectivity index (χ3n) is 5.83. The Balaban J connectivity index is 2.46. The van der Waals surface area contributed by atoms with Crippen molar-refractivity contribution in [1.82, 2.24) is 9.80 Å². The Morgan fingerprint density at radius 2 is 1.69 bits per heavy atom. The van der Waals surface area contributed by atoms with Gasteiger partial charge in [-0.05, 0) is 39.2 Å². The van der Waals surface area contributed by atoms with Crippen molar-refractivity contribution in [2.45, 2.75) is 70.5 Å². The first-order valence-corrected chi connectivity index (χ1v) is 11.7. The van der Waals surface area contributed by atoms with Crippen molar-refractivity contribution in [3.8, 4) is 0 Å². The second-order valence-electron chi connectivity index (χ2n) is 8.21. The van der Waals surface area contributed by atoms with Gasteiger partial charge < -0.3 is 19.3 Å². The molecule has 12 heteroatoms. The standard InChI is InChI=1S/C24H30F4N2O6/c1-4-35-21(32)18-12-9-13-29(18)20(31)15(3)30(23(34)24(26,27)28)19(22(33)36-5-2)14-17(25)16-10-7-6-8-11-16/h6-8,10-11,15,17-19H,4-5,9,12-14H2,1-3H3/i25-1. The van der Waals surface area contributed by atoms with Gasteiger partial charge in [-0.1, -0.05) is 30.3 Å². The average Bonchev–Trinajstić information content (AvgIpc) is 3.33. The SMILES string of the molecule is CCOC(=O)C1CCCN1C(=O)C(C)N(C(=O)C(F)(F)F)C(CC([18F])c1ccccc1)C(=O)OCC. The summed E-state index contributed by atoms with van der Waals surface area (Å²) >= 11 is 0. The van der Waals surface area contributed by atoms with Crippen LogP contribution in [0, 0.1) is 0 Å². The molecule has 1 fully saturated rings. The largest absolute Gasteiger partial charge is 0.471 e. The highest BCUT2D eigenvalue weighted by Crippen LogP contribution is 2.31. The molecular formula is C24H30F4N2O6. The molecule has 0 N–H and O–H groups in total. The summed E-state index contributed by atoms with van der Waals surface area (Å²) in [7, 11) is 0. The lowest BCUT2D eigenvalue weighted by Crippen LogP contribution is -2.60. The van der Waals surface area contributed by atoms with Crippen LogP contribution in [-0.4, -0.2) is 77.6 Å². The zero-order valence-corrected chi connectivity index (χ0v) is 20.3. The molecule has 0 bridgehead atoms. The lowest BCUT2D eigenvalue weighted by atomic mass is 10.00. The number of likely N-dealkylation sites (tertiary alicyclic amines) is 1. The summed E-state index contributed by atoms with van der Waals surface area (Å²) in [6.45, 7) is 3.81. The van der Waals surface area contributed by atoms with Crippen LogP contribution < -0.4 is 0 Å². The Labute approximate surface area is 206 Å². The van der Waals surface area contributed by atoms with Gasteiger partial charge in [0, 0.05) is 13.0 Å². The van der Waals surface area contributed by atoms with Gasteiger partial charge in [0.2, 0.25) is 5.91 Å². The molecule has 1 saturated heterocycles. The second-order valence-corrected chi connectivity index (χ2v) is 8.21. The van der Waals surface area contributed by atoms with Crippen LogP contribution in [0.2, 0.25) is 0 Å². The lowest BCUT2D eigenvalue weighted by Gasteiger charge is -2.37. The Hall–Kier alpha value is -3.18. The number of rotatable bonds is 10. The van der Waals surface area contributed by atoms with Crippen molar-refractivity contribution < 1.29 is 46.2 Å². The molecule has 0 aromatic heterocycles. The van der Waals surface area contributed by atoms with Gasteiger partial charge in [-0.2, -0.15) is 13.2 Å². The minimum atomic E-state index is -5.47. The first-order chi connectivity index (χ1) is 16.9. The molecule has 36 heavy (non-hydrogen) atoms. The zero-order valence-electron chi connectivity index (χ0n) is 20.3. The molecule has 2 rings (SSSR count). The van der Waals surface area contributed by atoms with Gasteiger partial charge in [-0.3, -0.25) is 9.59 Å². The predicted octanol–water partition coefficient (Wildman–Crippen LogP) is 3.35. The summed E-state index contributed by atoms with van der Waals surface area (Å²) < 4.78 is 65.9. The highest BCUT2D eigenvalue weighted by Gasteiger charge is 2.51. The Morgan fingerprint density at radius 3 is 2.25 bits per heavy atom. The molecule has 1 heterocycles. The van der Waals surface area contributed by atoms with Crippen LogP contribution in [0.1, 0.15) is 51.8 Å². The normalized spacial score (nSPS) is 18.2. The molecule has 4 unspecified atom stereocenters. The summed E-state index contributed by atoms with van der Waals surface area (Å²) in [6.07, 6.45) is -7.67. The van der Waals surface area contributed by atoms with Gasteiger partial charge in [0.25, 0.3) is 0 Å². The van der Waals surface area contributed by atoms with E-state index in [1.165, 1.54) is 31.2 Å². The first kappa shape index (κ1) is 29.1. The summed E-state index contributed by atoms with van der Waals surface area (Å²) in [5.74, 6) is -5.49. The Kier molecular flexibility index (Phi) is 10.2. The molecule has 0 saturated carbocycles. The molecule has 8 nitrogen and oxygen atoms in total. The summed E-state index contributed by atoms with van der Waals surface area (Å²) in [5, 5.41) is 0. The minimum Gasteiger partial charge on any atom is -0.464 e. The molecule has 1 aromatic rings. The third-order valence-corrected chi connectivity index (χ3v) is 5.83. The molecule has 0 aliphatic carbocycles. The van der Waals surface area contributed by atoms with E-state index < -0.39 is 60.6 Å². The lowest BCUT2D eigenvalue weighted by molar-refractivity contribution is -0.195. The van der Waals surface area contributed by atoms with Crippen LogP contribution in [0.3, 0.4) is 0 Å². The zero-order chi connectivity index (χ0) is 27.0. The van der Waals surface area contributed by atoms with Crippen molar-refractivity contribution in [1.29, 1.82) is 0 Å². The molecule has 4 atom stereocenters. The number of halogens is 4. The second kappa shape index (κ2) is 12.7. The number of benzene rings is 1. The topological polar surface area (TPSA) is 93.2 Å². The molecule has 1 aliphatic heterocycles. The Morgan fingerprint density at radius 1 is 1.08 bits per heavy atom. The summed E-state index contributed by atoms with van der Waals surface area (Å²) in [6, 6.07) is 2.43. The van der Waals surface area contributed by atoms with E-state index in [-0.39, 0.29) is 36.6 Å². The number of carbonyl (C=O) groups excluding carboxylic acids is 4. The Bertz CT molecular complexity index is 927. The first-order valence-electron chi connectivity index (χ1n) is 11.7. The number of hydrogen-bond acceptors (Lipinski definition) is 6. The van der Waals surface area contributed by atoms with Gasteiger partial charge in [0.05, 0.1) is 13.2 Å². The minimum absolute atomic E-state index is 0.0242. The van der Waals surface area contributed by atoms with E-state index in [1.807, 2.05) is 0 Å². The van der Waals surface area contributed by atoms with Crippen molar-refractivity contribution in [3.63, 3.8) is 0 Å². The maximum Gasteiger partial charge on any atom is 0.471 e. The summed E-state index contributed by atoms with van der Waals surface area (Å²) in [4.78, 5) is 51.9. The number of alkyl halides is 4. The van der Waals surface area contributed by atoms with Crippen molar-refractivity contribution in [2.24, 2.45) is 0 Å². The molecule has 1 aliphatic rings. The molecule has 0 spiro atoms.